The first kappa shape index (κ1) is 17.9. The third-order valence-electron chi connectivity index (χ3n) is 4.93. The Hall–Kier alpha value is -2.90. The lowest BCUT2D eigenvalue weighted by Gasteiger charge is -2.31. The molecule has 26 heavy (non-hydrogen) atoms. The summed E-state index contributed by atoms with van der Waals surface area (Å²) in [5.41, 5.74) is 0.796. The van der Waals surface area contributed by atoms with Crippen molar-refractivity contribution in [1.82, 2.24) is 20.3 Å². The van der Waals surface area contributed by atoms with Gasteiger partial charge in [-0.3, -0.25) is 4.79 Å². The zero-order chi connectivity index (χ0) is 18.6. The molecular weight excluding hydrogens is 336 g/mol. The number of amides is 1. The van der Waals surface area contributed by atoms with E-state index in [2.05, 4.69) is 21.7 Å². The second-order valence-corrected chi connectivity index (χ2v) is 6.57. The quantitative estimate of drug-likeness (QED) is 0.779. The lowest BCUT2D eigenvalue weighted by Crippen LogP contribution is -2.40. The molecule has 1 aromatic carbocycles. The minimum Gasteiger partial charge on any atom is -0.496 e. The van der Waals surface area contributed by atoms with Crippen LogP contribution in [-0.4, -0.2) is 45.6 Å². The first-order valence-electron chi connectivity index (χ1n) is 8.58. The first-order valence-corrected chi connectivity index (χ1v) is 8.58. The van der Waals surface area contributed by atoms with Gasteiger partial charge in [0, 0.05) is 17.5 Å². The highest BCUT2D eigenvalue weighted by Gasteiger charge is 2.38. The number of aromatic nitrogens is 3. The van der Waals surface area contributed by atoms with E-state index in [9.17, 15) is 9.59 Å². The van der Waals surface area contributed by atoms with E-state index >= 15 is 0 Å². The molecule has 0 radical (unpaired) electrons. The SMILES string of the molecule is COc1ccccc1C1(CNC(=O)Cn2cc(C(=O)O)nn2)CCCC1. The highest BCUT2D eigenvalue weighted by molar-refractivity contribution is 5.84. The maximum Gasteiger partial charge on any atom is 0.358 e. The van der Waals surface area contributed by atoms with Gasteiger partial charge < -0.3 is 15.2 Å². The van der Waals surface area contributed by atoms with Gasteiger partial charge in [0.1, 0.15) is 12.3 Å². The molecule has 0 unspecified atom stereocenters. The Bertz CT molecular complexity index is 796. The lowest BCUT2D eigenvalue weighted by molar-refractivity contribution is -0.122. The smallest absolute Gasteiger partial charge is 0.358 e. The lowest BCUT2D eigenvalue weighted by atomic mass is 9.78. The third-order valence-corrected chi connectivity index (χ3v) is 4.93. The largest absolute Gasteiger partial charge is 0.496 e. The highest BCUT2D eigenvalue weighted by Crippen LogP contribution is 2.44. The molecule has 1 heterocycles. The van der Waals surface area contributed by atoms with E-state index in [0.717, 1.165) is 37.0 Å². The number of carbonyl (C=O) groups is 2. The summed E-state index contributed by atoms with van der Waals surface area (Å²) in [6.45, 7) is 0.439. The molecule has 2 aromatic rings. The molecule has 1 aliphatic rings. The summed E-state index contributed by atoms with van der Waals surface area (Å²) < 4.78 is 6.75. The topological polar surface area (TPSA) is 106 Å². The van der Waals surface area contributed by atoms with Gasteiger partial charge in [0.25, 0.3) is 0 Å². The predicted molar refractivity (Wildman–Crippen MR) is 93.1 cm³/mol. The molecule has 1 aromatic heterocycles. The van der Waals surface area contributed by atoms with Crippen LogP contribution in [-0.2, 0) is 16.8 Å². The average Bonchev–Trinajstić information content (AvgIpc) is 3.30. The van der Waals surface area contributed by atoms with E-state index in [-0.39, 0.29) is 23.6 Å². The molecule has 8 nitrogen and oxygen atoms in total. The molecule has 138 valence electrons. The van der Waals surface area contributed by atoms with Crippen molar-refractivity contribution in [2.24, 2.45) is 0 Å². The molecule has 0 saturated heterocycles. The Balaban J connectivity index is 1.69. The van der Waals surface area contributed by atoms with Crippen LogP contribution in [0.25, 0.3) is 0 Å². The standard InChI is InChI=1S/C18H22N4O4/c1-26-15-7-3-2-6-13(15)18(8-4-5-9-18)12-19-16(23)11-22-10-14(17(24)25)20-21-22/h2-3,6-7,10H,4-5,8-9,11-12H2,1H3,(H,19,23)(H,24,25). The van der Waals surface area contributed by atoms with Crippen molar-refractivity contribution in [3.8, 4) is 5.75 Å². The van der Waals surface area contributed by atoms with Gasteiger partial charge in [-0.15, -0.1) is 5.10 Å². The van der Waals surface area contributed by atoms with Gasteiger partial charge >= 0.3 is 5.97 Å². The number of nitrogens with one attached hydrogen (secondary N) is 1. The van der Waals surface area contributed by atoms with Crippen LogP contribution in [0.15, 0.2) is 30.5 Å². The second-order valence-electron chi connectivity index (χ2n) is 6.57. The third kappa shape index (κ3) is 3.68. The molecule has 2 N–H and O–H groups in total. The normalized spacial score (nSPS) is 15.6. The number of nitrogens with zero attached hydrogens (tertiary/aromatic N) is 3. The molecule has 0 bridgehead atoms. The first-order chi connectivity index (χ1) is 12.5. The van der Waals surface area contributed by atoms with E-state index < -0.39 is 5.97 Å². The van der Waals surface area contributed by atoms with Crippen molar-refractivity contribution in [1.29, 1.82) is 0 Å². The number of rotatable bonds is 7. The number of benzene rings is 1. The molecule has 1 saturated carbocycles. The van der Waals surface area contributed by atoms with Crippen LogP contribution in [0, 0.1) is 0 Å². The summed E-state index contributed by atoms with van der Waals surface area (Å²) in [5, 5.41) is 19.0. The van der Waals surface area contributed by atoms with Crippen LogP contribution in [0.4, 0.5) is 0 Å². The van der Waals surface area contributed by atoms with Crippen molar-refractivity contribution < 1.29 is 19.4 Å². The van der Waals surface area contributed by atoms with Crippen LogP contribution < -0.4 is 10.1 Å². The van der Waals surface area contributed by atoms with Crippen molar-refractivity contribution in [2.75, 3.05) is 13.7 Å². The van der Waals surface area contributed by atoms with E-state index in [4.69, 9.17) is 9.84 Å². The summed E-state index contributed by atoms with van der Waals surface area (Å²) in [6.07, 6.45) is 5.44. The number of methoxy groups -OCH3 is 1. The number of hydrogen-bond donors (Lipinski definition) is 2. The number of carboxylic acids is 1. The van der Waals surface area contributed by atoms with Gasteiger partial charge in [-0.2, -0.15) is 0 Å². The fourth-order valence-electron chi connectivity index (χ4n) is 3.62. The summed E-state index contributed by atoms with van der Waals surface area (Å²) in [4.78, 5) is 23.1. The number of ether oxygens (including phenoxy) is 1. The molecule has 0 aliphatic heterocycles. The molecule has 8 heteroatoms. The predicted octanol–water partition coefficient (Wildman–Crippen LogP) is 1.61. The highest BCUT2D eigenvalue weighted by atomic mass is 16.5. The van der Waals surface area contributed by atoms with Crippen LogP contribution in [0.1, 0.15) is 41.7 Å². The Morgan fingerprint density at radius 2 is 2.04 bits per heavy atom. The van der Waals surface area contributed by atoms with Gasteiger partial charge in [0.05, 0.1) is 13.3 Å². The summed E-state index contributed by atoms with van der Waals surface area (Å²) >= 11 is 0. The molecule has 1 fully saturated rings. The minimum absolute atomic E-state index is 0.0672. The fraction of sp³-hybridized carbons (Fsp3) is 0.444. The van der Waals surface area contributed by atoms with E-state index in [1.54, 1.807) is 7.11 Å². The zero-order valence-electron chi connectivity index (χ0n) is 14.6. The monoisotopic (exact) mass is 358 g/mol. The number of para-hydroxylation sites is 1. The summed E-state index contributed by atoms with van der Waals surface area (Å²) in [6, 6.07) is 7.93. The number of carboxylic acid groups (broad SMARTS) is 1. The van der Waals surface area contributed by atoms with Crippen molar-refractivity contribution >= 4 is 11.9 Å². The van der Waals surface area contributed by atoms with Crippen LogP contribution >= 0.6 is 0 Å². The van der Waals surface area contributed by atoms with Gasteiger partial charge in [0.15, 0.2) is 5.69 Å². The average molecular weight is 358 g/mol. The molecule has 0 atom stereocenters. The second kappa shape index (κ2) is 7.55. The molecule has 3 rings (SSSR count). The molecule has 0 spiro atoms. The fourth-order valence-corrected chi connectivity index (χ4v) is 3.62. The molecule has 1 aliphatic carbocycles. The van der Waals surface area contributed by atoms with Crippen molar-refractivity contribution in [2.45, 2.75) is 37.6 Å². The van der Waals surface area contributed by atoms with E-state index in [1.165, 1.54) is 10.9 Å². The Morgan fingerprint density at radius 1 is 1.31 bits per heavy atom. The van der Waals surface area contributed by atoms with Gasteiger partial charge in [0.2, 0.25) is 5.91 Å². The maximum atomic E-state index is 12.3. The van der Waals surface area contributed by atoms with Crippen molar-refractivity contribution in [3.63, 3.8) is 0 Å². The van der Waals surface area contributed by atoms with Crippen molar-refractivity contribution in [3.05, 3.63) is 41.7 Å². The Morgan fingerprint density at radius 3 is 2.69 bits per heavy atom. The maximum absolute atomic E-state index is 12.3. The zero-order valence-corrected chi connectivity index (χ0v) is 14.6. The Labute approximate surface area is 151 Å². The molecule has 1 amide bonds. The van der Waals surface area contributed by atoms with Crippen LogP contribution in [0.3, 0.4) is 0 Å². The minimum atomic E-state index is -1.17. The van der Waals surface area contributed by atoms with Gasteiger partial charge in [-0.1, -0.05) is 36.3 Å². The van der Waals surface area contributed by atoms with E-state index in [0.29, 0.717) is 6.54 Å². The van der Waals surface area contributed by atoms with Gasteiger partial charge in [-0.05, 0) is 18.9 Å². The summed E-state index contributed by atoms with van der Waals surface area (Å²) in [5.74, 6) is -0.559. The number of aromatic carboxylic acids is 1. The Kier molecular flexibility index (Phi) is 5.20. The number of carbonyl (C=O) groups excluding carboxylic acids is 1. The number of hydrogen-bond acceptors (Lipinski definition) is 5. The van der Waals surface area contributed by atoms with E-state index in [1.807, 2.05) is 18.2 Å². The van der Waals surface area contributed by atoms with Gasteiger partial charge in [-0.25, -0.2) is 9.48 Å². The summed E-state index contributed by atoms with van der Waals surface area (Å²) in [7, 11) is 1.66. The molecular formula is C18H22N4O4. The van der Waals surface area contributed by atoms with Crippen LogP contribution in [0.2, 0.25) is 0 Å². The van der Waals surface area contributed by atoms with Crippen LogP contribution in [0.5, 0.6) is 5.75 Å².